The van der Waals surface area contributed by atoms with Crippen LogP contribution in [0.15, 0.2) is 51.8 Å². The number of halogens is 1. The number of rotatable bonds is 3. The highest BCUT2D eigenvalue weighted by Crippen LogP contribution is 2.46. The fourth-order valence-corrected chi connectivity index (χ4v) is 7.91. The molecule has 3 aliphatic rings. The normalized spacial score (nSPS) is 24.2. The third kappa shape index (κ3) is 4.07. The molecular formula is C23H19BrN2O4S3. The van der Waals surface area contributed by atoms with Crippen molar-refractivity contribution in [1.82, 2.24) is 4.90 Å². The summed E-state index contributed by atoms with van der Waals surface area (Å²) in [7, 11) is -3.19. The summed E-state index contributed by atoms with van der Waals surface area (Å²) in [5.74, 6) is -0.709. The van der Waals surface area contributed by atoms with Crippen molar-refractivity contribution in [3.8, 4) is 0 Å². The highest BCUT2D eigenvalue weighted by Gasteiger charge is 2.46. The van der Waals surface area contributed by atoms with Crippen LogP contribution in [-0.2, 0) is 26.0 Å². The molecule has 170 valence electrons. The predicted octanol–water partition coefficient (Wildman–Crippen LogP) is 4.06. The van der Waals surface area contributed by atoms with Gasteiger partial charge in [-0.25, -0.2) is 8.42 Å². The molecule has 0 saturated carbocycles. The van der Waals surface area contributed by atoms with E-state index >= 15 is 0 Å². The van der Waals surface area contributed by atoms with E-state index in [9.17, 15) is 18.0 Å². The van der Waals surface area contributed by atoms with Gasteiger partial charge in [-0.05, 0) is 37.1 Å². The van der Waals surface area contributed by atoms with E-state index in [1.54, 1.807) is 4.90 Å². The molecule has 2 fully saturated rings. The van der Waals surface area contributed by atoms with Gasteiger partial charge >= 0.3 is 0 Å². The Balaban J connectivity index is 1.56. The Labute approximate surface area is 210 Å². The second-order valence-corrected chi connectivity index (χ2v) is 13.1. The highest BCUT2D eigenvalue weighted by molar-refractivity contribution is 9.10. The maximum Gasteiger partial charge on any atom is 0.267 e. The third-order valence-corrected chi connectivity index (χ3v) is 9.68. The zero-order valence-electron chi connectivity index (χ0n) is 17.6. The van der Waals surface area contributed by atoms with Gasteiger partial charge in [-0.2, -0.15) is 0 Å². The summed E-state index contributed by atoms with van der Waals surface area (Å²) < 4.78 is 25.0. The number of benzene rings is 2. The van der Waals surface area contributed by atoms with Crippen molar-refractivity contribution in [3.63, 3.8) is 0 Å². The Morgan fingerprint density at radius 3 is 2.52 bits per heavy atom. The van der Waals surface area contributed by atoms with Crippen molar-refractivity contribution >= 4 is 77.1 Å². The molecule has 2 aromatic carbocycles. The molecule has 33 heavy (non-hydrogen) atoms. The van der Waals surface area contributed by atoms with Gasteiger partial charge in [0.15, 0.2) is 9.84 Å². The summed E-state index contributed by atoms with van der Waals surface area (Å²) in [6, 6.07) is 13.1. The molecule has 3 aliphatic heterocycles. The molecule has 2 amide bonds. The lowest BCUT2D eigenvalue weighted by Gasteiger charge is -2.21. The molecule has 0 aromatic heterocycles. The molecule has 3 heterocycles. The van der Waals surface area contributed by atoms with Crippen LogP contribution in [-0.4, -0.2) is 47.0 Å². The summed E-state index contributed by atoms with van der Waals surface area (Å²) >= 11 is 10.0. The van der Waals surface area contributed by atoms with Gasteiger partial charge in [0, 0.05) is 10.0 Å². The molecule has 0 spiro atoms. The van der Waals surface area contributed by atoms with Crippen molar-refractivity contribution < 1.29 is 18.0 Å². The summed E-state index contributed by atoms with van der Waals surface area (Å²) in [6.45, 7) is 2.38. The van der Waals surface area contributed by atoms with Gasteiger partial charge in [0.1, 0.15) is 4.32 Å². The number of aryl methyl sites for hydroxylation is 1. The molecule has 0 aliphatic carbocycles. The summed E-state index contributed by atoms with van der Waals surface area (Å²) in [6.07, 6.45) is 0.354. The lowest BCUT2D eigenvalue weighted by Crippen LogP contribution is -2.39. The van der Waals surface area contributed by atoms with Crippen LogP contribution in [0.25, 0.3) is 5.57 Å². The standard InChI is InChI=1S/C23H19BrN2O4S3/c1-13-2-4-14(5-3-13)11-25-18-7-6-15(24)10-17(18)19(21(25)27)20-22(28)26(23(31)32-20)16-8-9-33(29,30)12-16/h2-7,10,16H,8-9,11-12H2,1H3/b20-19-/t16-/m0/s1. The van der Waals surface area contributed by atoms with Crippen molar-refractivity contribution in [3.05, 3.63) is 68.5 Å². The minimum absolute atomic E-state index is 0.0413. The van der Waals surface area contributed by atoms with E-state index in [1.807, 2.05) is 49.4 Å². The van der Waals surface area contributed by atoms with Crippen LogP contribution in [0.4, 0.5) is 5.69 Å². The molecule has 0 unspecified atom stereocenters. The summed E-state index contributed by atoms with van der Waals surface area (Å²) in [5, 5.41) is 0. The van der Waals surface area contributed by atoms with Gasteiger partial charge < -0.3 is 4.90 Å². The number of amides is 2. The second kappa shape index (κ2) is 8.33. The summed E-state index contributed by atoms with van der Waals surface area (Å²) in [4.78, 5) is 30.4. The van der Waals surface area contributed by atoms with E-state index in [-0.39, 0.29) is 22.3 Å². The first-order valence-electron chi connectivity index (χ1n) is 10.3. The number of thioether (sulfide) groups is 1. The number of hydrogen-bond acceptors (Lipinski definition) is 6. The third-order valence-electron chi connectivity index (χ3n) is 6.04. The first kappa shape index (κ1) is 22.8. The lowest BCUT2D eigenvalue weighted by atomic mass is 10.1. The van der Waals surface area contributed by atoms with E-state index in [1.165, 1.54) is 4.90 Å². The Kier molecular flexibility index (Phi) is 5.75. The topological polar surface area (TPSA) is 74.8 Å². The van der Waals surface area contributed by atoms with E-state index < -0.39 is 21.8 Å². The van der Waals surface area contributed by atoms with Crippen LogP contribution in [0.5, 0.6) is 0 Å². The van der Waals surface area contributed by atoms with Crippen LogP contribution in [0, 0.1) is 6.92 Å². The Morgan fingerprint density at radius 1 is 1.12 bits per heavy atom. The summed E-state index contributed by atoms with van der Waals surface area (Å²) in [5.41, 5.74) is 3.83. The smallest absolute Gasteiger partial charge is 0.267 e. The fraction of sp³-hybridized carbons (Fsp3) is 0.261. The Bertz CT molecular complexity index is 1350. The largest absolute Gasteiger partial charge is 0.303 e. The van der Waals surface area contributed by atoms with Crippen LogP contribution in [0.1, 0.15) is 23.1 Å². The van der Waals surface area contributed by atoms with Gasteiger partial charge in [0.2, 0.25) is 0 Å². The van der Waals surface area contributed by atoms with Gasteiger partial charge in [0.05, 0.1) is 40.3 Å². The zero-order valence-corrected chi connectivity index (χ0v) is 21.6. The minimum Gasteiger partial charge on any atom is -0.303 e. The Morgan fingerprint density at radius 2 is 1.85 bits per heavy atom. The number of sulfone groups is 1. The van der Waals surface area contributed by atoms with E-state index in [0.29, 0.717) is 28.4 Å². The Hall–Kier alpha value is -2.01. The monoisotopic (exact) mass is 562 g/mol. The molecule has 0 radical (unpaired) electrons. The number of thiocarbonyl (C=S) groups is 1. The molecule has 2 saturated heterocycles. The molecule has 5 rings (SSSR count). The maximum absolute atomic E-state index is 13.6. The minimum atomic E-state index is -3.19. The first-order chi connectivity index (χ1) is 15.6. The van der Waals surface area contributed by atoms with Crippen LogP contribution >= 0.6 is 39.9 Å². The zero-order chi connectivity index (χ0) is 23.5. The molecule has 0 N–H and O–H groups in total. The molecule has 2 aromatic rings. The number of carbonyl (C=O) groups is 2. The van der Waals surface area contributed by atoms with Crippen molar-refractivity contribution in [1.29, 1.82) is 0 Å². The van der Waals surface area contributed by atoms with Crippen molar-refractivity contribution in [2.45, 2.75) is 25.9 Å². The van der Waals surface area contributed by atoms with Crippen molar-refractivity contribution in [2.24, 2.45) is 0 Å². The van der Waals surface area contributed by atoms with Gasteiger partial charge in [0.25, 0.3) is 11.8 Å². The second-order valence-electron chi connectivity index (χ2n) is 8.34. The average Bonchev–Trinajstić information content (AvgIpc) is 3.34. The number of nitrogens with zero attached hydrogens (tertiary/aromatic N) is 2. The van der Waals surface area contributed by atoms with Gasteiger partial charge in [-0.1, -0.05) is 69.7 Å². The molecular weight excluding hydrogens is 544 g/mol. The SMILES string of the molecule is Cc1ccc(CN2C(=O)/C(=C3\SC(=S)N([C@H]4CCS(=O)(=O)C4)C3=O)c3cc(Br)ccc32)cc1. The van der Waals surface area contributed by atoms with Gasteiger partial charge in [-0.3, -0.25) is 14.5 Å². The highest BCUT2D eigenvalue weighted by atomic mass is 79.9. The molecule has 6 nitrogen and oxygen atoms in total. The first-order valence-corrected chi connectivity index (χ1v) is 14.2. The van der Waals surface area contributed by atoms with Crippen LogP contribution in [0.2, 0.25) is 0 Å². The average molecular weight is 564 g/mol. The quantitative estimate of drug-likeness (QED) is 0.414. The fourth-order valence-electron chi connectivity index (χ4n) is 4.38. The number of anilines is 1. The maximum atomic E-state index is 13.6. The predicted molar refractivity (Wildman–Crippen MR) is 138 cm³/mol. The molecule has 10 heteroatoms. The number of hydrogen-bond donors (Lipinski definition) is 0. The van der Waals surface area contributed by atoms with Crippen LogP contribution in [0.3, 0.4) is 0 Å². The lowest BCUT2D eigenvalue weighted by molar-refractivity contribution is -0.123. The van der Waals surface area contributed by atoms with E-state index in [4.69, 9.17) is 12.2 Å². The van der Waals surface area contributed by atoms with E-state index in [0.717, 1.165) is 33.0 Å². The van der Waals surface area contributed by atoms with Gasteiger partial charge in [-0.15, -0.1) is 0 Å². The molecule has 1 atom stereocenters. The molecule has 0 bridgehead atoms. The van der Waals surface area contributed by atoms with Crippen LogP contribution < -0.4 is 4.90 Å². The number of carbonyl (C=O) groups excluding carboxylic acids is 2. The van der Waals surface area contributed by atoms with Crippen molar-refractivity contribution in [2.75, 3.05) is 16.4 Å². The number of fused-ring (bicyclic) bond motifs is 1. The van der Waals surface area contributed by atoms with E-state index in [2.05, 4.69) is 15.9 Å².